The van der Waals surface area contributed by atoms with Crippen LogP contribution in [0.1, 0.15) is 15.9 Å². The van der Waals surface area contributed by atoms with E-state index in [2.05, 4.69) is 0 Å². The predicted molar refractivity (Wildman–Crippen MR) is 64.0 cm³/mol. The molecule has 2 rings (SSSR count). The van der Waals surface area contributed by atoms with Gasteiger partial charge in [-0.15, -0.1) is 0 Å². The van der Waals surface area contributed by atoms with Crippen molar-refractivity contribution >= 4 is 5.97 Å². The first-order chi connectivity index (χ1) is 9.47. The lowest BCUT2D eigenvalue weighted by Crippen LogP contribution is -2.07. The highest BCUT2D eigenvalue weighted by Gasteiger charge is 2.13. The van der Waals surface area contributed by atoms with E-state index >= 15 is 0 Å². The topological polar surface area (TPSA) is 46.5 Å². The van der Waals surface area contributed by atoms with Crippen LogP contribution in [0, 0.1) is 17.5 Å². The van der Waals surface area contributed by atoms with Crippen LogP contribution in [0.2, 0.25) is 0 Å². The fourth-order valence-corrected chi connectivity index (χ4v) is 1.62. The van der Waals surface area contributed by atoms with Crippen LogP contribution in [-0.4, -0.2) is 11.1 Å². The van der Waals surface area contributed by atoms with E-state index in [9.17, 15) is 18.0 Å². The van der Waals surface area contributed by atoms with Gasteiger partial charge in [-0.05, 0) is 24.3 Å². The van der Waals surface area contributed by atoms with Crippen molar-refractivity contribution in [3.8, 4) is 5.75 Å². The number of ether oxygens (including phenoxy) is 1. The molecule has 0 heterocycles. The molecular formula is C14H9F3O3. The molecule has 0 saturated heterocycles. The van der Waals surface area contributed by atoms with E-state index in [0.717, 1.165) is 30.3 Å². The Bertz CT molecular complexity index is 656. The zero-order chi connectivity index (χ0) is 14.7. The Morgan fingerprint density at radius 1 is 1.05 bits per heavy atom. The zero-order valence-corrected chi connectivity index (χ0v) is 10.1. The summed E-state index contributed by atoms with van der Waals surface area (Å²) in [4.78, 5) is 11.0. The number of rotatable bonds is 4. The normalized spacial score (nSPS) is 10.3. The molecule has 0 atom stereocenters. The van der Waals surface area contributed by atoms with Crippen molar-refractivity contribution in [1.82, 2.24) is 0 Å². The molecule has 0 fully saturated rings. The molecular weight excluding hydrogens is 273 g/mol. The minimum Gasteiger partial charge on any atom is -0.486 e. The fourth-order valence-electron chi connectivity index (χ4n) is 1.62. The predicted octanol–water partition coefficient (Wildman–Crippen LogP) is 3.38. The third-order valence-corrected chi connectivity index (χ3v) is 2.58. The molecule has 0 aliphatic carbocycles. The van der Waals surface area contributed by atoms with Crippen molar-refractivity contribution in [3.05, 3.63) is 65.0 Å². The first-order valence-electron chi connectivity index (χ1n) is 5.57. The summed E-state index contributed by atoms with van der Waals surface area (Å²) < 4.78 is 44.3. The van der Waals surface area contributed by atoms with Crippen LogP contribution in [0.25, 0.3) is 0 Å². The van der Waals surface area contributed by atoms with Crippen molar-refractivity contribution in [3.63, 3.8) is 0 Å². The van der Waals surface area contributed by atoms with Gasteiger partial charge in [0.15, 0.2) is 11.6 Å². The number of aromatic carboxylic acids is 1. The molecule has 0 aliphatic heterocycles. The molecule has 20 heavy (non-hydrogen) atoms. The lowest BCUT2D eigenvalue weighted by Gasteiger charge is -2.09. The van der Waals surface area contributed by atoms with Gasteiger partial charge in [0.1, 0.15) is 18.2 Å². The van der Waals surface area contributed by atoms with Crippen molar-refractivity contribution in [1.29, 1.82) is 0 Å². The fraction of sp³-hybridized carbons (Fsp3) is 0.0714. The lowest BCUT2D eigenvalue weighted by molar-refractivity contribution is 0.0693. The quantitative estimate of drug-likeness (QED) is 0.935. The molecule has 0 saturated carbocycles. The van der Waals surface area contributed by atoms with E-state index in [4.69, 9.17) is 9.84 Å². The van der Waals surface area contributed by atoms with Crippen LogP contribution in [-0.2, 0) is 6.61 Å². The van der Waals surface area contributed by atoms with E-state index in [0.29, 0.717) is 0 Å². The van der Waals surface area contributed by atoms with Gasteiger partial charge in [0, 0.05) is 11.6 Å². The molecule has 0 amide bonds. The number of carboxylic acids is 1. The number of carbonyl (C=O) groups is 1. The minimum atomic E-state index is -1.33. The molecule has 0 aliphatic rings. The van der Waals surface area contributed by atoms with Crippen molar-refractivity contribution < 1.29 is 27.8 Å². The number of carboxylic acid groups (broad SMARTS) is 1. The largest absolute Gasteiger partial charge is 0.486 e. The Labute approximate surface area is 112 Å². The Balaban J connectivity index is 2.23. The number of benzene rings is 2. The Morgan fingerprint density at radius 2 is 1.70 bits per heavy atom. The first-order valence-corrected chi connectivity index (χ1v) is 5.57. The molecule has 0 unspecified atom stereocenters. The van der Waals surface area contributed by atoms with Crippen LogP contribution < -0.4 is 4.74 Å². The van der Waals surface area contributed by atoms with Gasteiger partial charge in [-0.3, -0.25) is 0 Å². The van der Waals surface area contributed by atoms with Crippen molar-refractivity contribution in [2.75, 3.05) is 0 Å². The summed E-state index contributed by atoms with van der Waals surface area (Å²) in [6, 6.07) is 5.79. The van der Waals surface area contributed by atoms with E-state index in [-0.39, 0.29) is 23.5 Å². The minimum absolute atomic E-state index is 0.155. The zero-order valence-electron chi connectivity index (χ0n) is 10.1. The molecule has 104 valence electrons. The summed E-state index contributed by atoms with van der Waals surface area (Å²) in [5.41, 5.74) is -0.135. The van der Waals surface area contributed by atoms with Gasteiger partial charge in [-0.1, -0.05) is 6.07 Å². The van der Waals surface area contributed by atoms with Gasteiger partial charge >= 0.3 is 5.97 Å². The SMILES string of the molecule is O=C(O)c1cc(F)ccc1COc1cc(F)ccc1F. The average Bonchev–Trinajstić information content (AvgIpc) is 2.40. The number of halogens is 3. The maximum absolute atomic E-state index is 13.3. The average molecular weight is 282 g/mol. The van der Waals surface area contributed by atoms with Crippen LogP contribution in [0.15, 0.2) is 36.4 Å². The molecule has 0 spiro atoms. The maximum Gasteiger partial charge on any atom is 0.336 e. The molecule has 0 aromatic heterocycles. The van der Waals surface area contributed by atoms with Crippen molar-refractivity contribution in [2.45, 2.75) is 6.61 Å². The highest BCUT2D eigenvalue weighted by molar-refractivity contribution is 5.89. The summed E-state index contributed by atoms with van der Waals surface area (Å²) in [5.74, 6) is -3.83. The van der Waals surface area contributed by atoms with Crippen LogP contribution in [0.3, 0.4) is 0 Å². The second-order valence-electron chi connectivity index (χ2n) is 3.97. The summed E-state index contributed by atoms with van der Waals surface area (Å²) in [5, 5.41) is 8.93. The summed E-state index contributed by atoms with van der Waals surface area (Å²) >= 11 is 0. The van der Waals surface area contributed by atoms with Gasteiger partial charge in [0.2, 0.25) is 0 Å². The molecule has 6 heteroatoms. The van der Waals surface area contributed by atoms with Gasteiger partial charge in [0.25, 0.3) is 0 Å². The van der Waals surface area contributed by atoms with E-state index in [1.165, 1.54) is 6.07 Å². The standard InChI is InChI=1S/C14H9F3O3/c15-9-2-1-8(11(5-9)14(18)19)7-20-13-6-10(16)3-4-12(13)17/h1-6H,7H2,(H,18,19). The first kappa shape index (κ1) is 13.9. The Morgan fingerprint density at radius 3 is 2.40 bits per heavy atom. The molecule has 1 N–H and O–H groups in total. The third-order valence-electron chi connectivity index (χ3n) is 2.58. The second kappa shape index (κ2) is 5.64. The maximum atomic E-state index is 13.3. The van der Waals surface area contributed by atoms with Crippen LogP contribution in [0.5, 0.6) is 5.75 Å². The van der Waals surface area contributed by atoms with Crippen molar-refractivity contribution in [2.24, 2.45) is 0 Å². The van der Waals surface area contributed by atoms with Crippen LogP contribution >= 0.6 is 0 Å². The van der Waals surface area contributed by atoms with E-state index in [1.807, 2.05) is 0 Å². The summed E-state index contributed by atoms with van der Waals surface area (Å²) in [7, 11) is 0. The number of hydrogen-bond donors (Lipinski definition) is 1. The molecule has 2 aromatic rings. The Kier molecular flexibility index (Phi) is 3.93. The lowest BCUT2D eigenvalue weighted by atomic mass is 10.1. The Hall–Kier alpha value is -2.50. The third kappa shape index (κ3) is 3.09. The molecule has 2 aromatic carbocycles. The van der Waals surface area contributed by atoms with Gasteiger partial charge < -0.3 is 9.84 Å². The molecule has 0 bridgehead atoms. The molecule has 0 radical (unpaired) electrons. The van der Waals surface area contributed by atoms with Gasteiger partial charge in [-0.25, -0.2) is 18.0 Å². The highest BCUT2D eigenvalue weighted by atomic mass is 19.1. The van der Waals surface area contributed by atoms with Crippen LogP contribution in [0.4, 0.5) is 13.2 Å². The monoisotopic (exact) mass is 282 g/mol. The smallest absolute Gasteiger partial charge is 0.336 e. The van der Waals surface area contributed by atoms with E-state index in [1.54, 1.807) is 0 Å². The number of hydrogen-bond acceptors (Lipinski definition) is 2. The second-order valence-corrected chi connectivity index (χ2v) is 3.97. The highest BCUT2D eigenvalue weighted by Crippen LogP contribution is 2.20. The summed E-state index contributed by atoms with van der Waals surface area (Å²) in [6.45, 7) is -0.317. The van der Waals surface area contributed by atoms with Gasteiger partial charge in [0.05, 0.1) is 5.56 Å². The van der Waals surface area contributed by atoms with Gasteiger partial charge in [-0.2, -0.15) is 0 Å². The van der Waals surface area contributed by atoms with E-state index < -0.39 is 23.4 Å². The summed E-state index contributed by atoms with van der Waals surface area (Å²) in [6.07, 6.45) is 0. The molecule has 3 nitrogen and oxygen atoms in total.